The van der Waals surface area contributed by atoms with Gasteiger partial charge in [-0.3, -0.25) is 9.59 Å². The molecule has 4 rings (SSSR count). The molecule has 2 aromatic carbocycles. The fourth-order valence-electron chi connectivity index (χ4n) is 5.19. The zero-order valence-corrected chi connectivity index (χ0v) is 19.7. The lowest BCUT2D eigenvalue weighted by Crippen LogP contribution is -2.57. The molecule has 0 radical (unpaired) electrons. The van der Waals surface area contributed by atoms with E-state index in [0.29, 0.717) is 12.8 Å². The second-order valence-electron chi connectivity index (χ2n) is 9.48. The van der Waals surface area contributed by atoms with Crippen LogP contribution >= 0.6 is 0 Å². The van der Waals surface area contributed by atoms with Crippen LogP contribution in [0.15, 0.2) is 48.5 Å². The Labute approximate surface area is 199 Å². The summed E-state index contributed by atoms with van der Waals surface area (Å²) in [5.41, 5.74) is 3.39. The van der Waals surface area contributed by atoms with Gasteiger partial charge in [0.05, 0.1) is 5.92 Å². The standard InChI is InChI=1S/C27H32N2O5/c1-3-27(2,25(32)28-15-17-9-8-14-18(17)24(30)31)29-26(33)34-16-23-21-12-6-4-10-19(21)20-11-5-7-13-22(20)23/h4-7,10-13,17-18,23H,3,8-9,14-16H2,1-2H3,(H,28,32)(H,29,33)(H,30,31)/t17-,18-,27?/m1/s1. The van der Waals surface area contributed by atoms with Crippen LogP contribution in [0.4, 0.5) is 4.79 Å². The summed E-state index contributed by atoms with van der Waals surface area (Å²) < 4.78 is 5.61. The van der Waals surface area contributed by atoms with Crippen LogP contribution in [0.2, 0.25) is 0 Å². The Morgan fingerprint density at radius 1 is 1.03 bits per heavy atom. The van der Waals surface area contributed by atoms with Gasteiger partial charge >= 0.3 is 12.1 Å². The highest BCUT2D eigenvalue weighted by Gasteiger charge is 2.37. The number of hydrogen-bond acceptors (Lipinski definition) is 4. The molecular formula is C27H32N2O5. The van der Waals surface area contributed by atoms with Crippen molar-refractivity contribution >= 4 is 18.0 Å². The third-order valence-electron chi connectivity index (χ3n) is 7.43. The molecule has 1 unspecified atom stereocenters. The van der Waals surface area contributed by atoms with Gasteiger partial charge in [-0.1, -0.05) is 61.9 Å². The molecule has 3 N–H and O–H groups in total. The Bertz CT molecular complexity index is 1040. The van der Waals surface area contributed by atoms with Crippen molar-refractivity contribution in [3.05, 3.63) is 59.7 Å². The fourth-order valence-corrected chi connectivity index (χ4v) is 5.19. The van der Waals surface area contributed by atoms with E-state index in [1.54, 1.807) is 6.92 Å². The predicted octanol–water partition coefficient (Wildman–Crippen LogP) is 4.31. The van der Waals surface area contributed by atoms with E-state index in [1.165, 1.54) is 0 Å². The van der Waals surface area contributed by atoms with Gasteiger partial charge in [0, 0.05) is 12.5 Å². The molecule has 0 heterocycles. The molecule has 7 heteroatoms. The van der Waals surface area contributed by atoms with Gasteiger partial charge in [0.2, 0.25) is 5.91 Å². The van der Waals surface area contributed by atoms with Gasteiger partial charge in [0.1, 0.15) is 12.1 Å². The van der Waals surface area contributed by atoms with Gasteiger partial charge in [-0.2, -0.15) is 0 Å². The predicted molar refractivity (Wildman–Crippen MR) is 128 cm³/mol. The van der Waals surface area contributed by atoms with Crippen molar-refractivity contribution in [3.8, 4) is 11.1 Å². The number of carboxylic acids is 1. The minimum Gasteiger partial charge on any atom is -0.481 e. The Morgan fingerprint density at radius 2 is 1.65 bits per heavy atom. The Hall–Kier alpha value is -3.35. The minimum atomic E-state index is -1.15. The minimum absolute atomic E-state index is 0.0600. The molecule has 0 saturated heterocycles. The van der Waals surface area contributed by atoms with Gasteiger partial charge in [0.15, 0.2) is 0 Å². The average molecular weight is 465 g/mol. The summed E-state index contributed by atoms with van der Waals surface area (Å²) in [5, 5.41) is 15.0. The first-order valence-electron chi connectivity index (χ1n) is 12.0. The van der Waals surface area contributed by atoms with Gasteiger partial charge in [-0.05, 0) is 54.4 Å². The molecule has 0 bridgehead atoms. The maximum Gasteiger partial charge on any atom is 0.408 e. The average Bonchev–Trinajstić information content (AvgIpc) is 3.44. The molecule has 7 nitrogen and oxygen atoms in total. The number of nitrogens with one attached hydrogen (secondary N) is 2. The summed E-state index contributed by atoms with van der Waals surface area (Å²) in [6.07, 6.45) is 1.99. The number of ether oxygens (including phenoxy) is 1. The summed E-state index contributed by atoms with van der Waals surface area (Å²) in [7, 11) is 0. The van der Waals surface area contributed by atoms with E-state index < -0.39 is 23.5 Å². The molecule has 0 spiro atoms. The van der Waals surface area contributed by atoms with E-state index in [1.807, 2.05) is 31.2 Å². The molecule has 34 heavy (non-hydrogen) atoms. The van der Waals surface area contributed by atoms with Crippen LogP contribution in [0.3, 0.4) is 0 Å². The molecular weight excluding hydrogens is 432 g/mol. The van der Waals surface area contributed by atoms with E-state index in [-0.39, 0.29) is 30.9 Å². The van der Waals surface area contributed by atoms with Crippen molar-refractivity contribution in [2.24, 2.45) is 11.8 Å². The SMILES string of the molecule is CCC(C)(NC(=O)OCC1c2ccccc2-c2ccccc21)C(=O)NC[C@H]1CCC[C@H]1C(=O)O. The van der Waals surface area contributed by atoms with Crippen LogP contribution in [0, 0.1) is 11.8 Å². The van der Waals surface area contributed by atoms with Crippen molar-refractivity contribution < 1.29 is 24.2 Å². The monoisotopic (exact) mass is 464 g/mol. The molecule has 3 atom stereocenters. The van der Waals surface area contributed by atoms with Crippen molar-refractivity contribution in [2.45, 2.75) is 51.0 Å². The summed E-state index contributed by atoms with van der Waals surface area (Å²) in [6, 6.07) is 16.2. The first kappa shape index (κ1) is 23.8. The number of benzene rings is 2. The Balaban J connectivity index is 1.36. The summed E-state index contributed by atoms with van der Waals surface area (Å²) in [6.45, 7) is 3.94. The number of alkyl carbamates (subject to hydrolysis) is 1. The molecule has 0 aliphatic heterocycles. The van der Waals surface area contributed by atoms with E-state index in [9.17, 15) is 19.5 Å². The lowest BCUT2D eigenvalue weighted by atomic mass is 9.94. The molecule has 180 valence electrons. The second-order valence-corrected chi connectivity index (χ2v) is 9.48. The molecule has 1 saturated carbocycles. The third-order valence-corrected chi connectivity index (χ3v) is 7.43. The molecule has 2 aliphatic carbocycles. The quantitative estimate of drug-likeness (QED) is 0.540. The number of carbonyl (C=O) groups is 3. The third kappa shape index (κ3) is 4.65. The van der Waals surface area contributed by atoms with E-state index in [4.69, 9.17) is 4.74 Å². The molecule has 2 aliphatic rings. The van der Waals surface area contributed by atoms with Gasteiger partial charge < -0.3 is 20.5 Å². The van der Waals surface area contributed by atoms with Crippen LogP contribution < -0.4 is 10.6 Å². The number of rotatable bonds is 8. The van der Waals surface area contributed by atoms with Gasteiger partial charge in [0.25, 0.3) is 0 Å². The van der Waals surface area contributed by atoms with Crippen LogP contribution in [0.5, 0.6) is 0 Å². The topological polar surface area (TPSA) is 105 Å². The number of carboxylic acid groups (broad SMARTS) is 1. The highest BCUT2D eigenvalue weighted by molar-refractivity contribution is 5.89. The van der Waals surface area contributed by atoms with Crippen molar-refractivity contribution in [3.63, 3.8) is 0 Å². The zero-order chi connectivity index (χ0) is 24.3. The maximum absolute atomic E-state index is 12.9. The molecule has 2 aromatic rings. The number of carbonyl (C=O) groups excluding carboxylic acids is 2. The number of hydrogen-bond donors (Lipinski definition) is 3. The molecule has 0 aromatic heterocycles. The van der Waals surface area contributed by atoms with Crippen LogP contribution in [0.25, 0.3) is 11.1 Å². The highest BCUT2D eigenvalue weighted by Crippen LogP contribution is 2.44. The smallest absolute Gasteiger partial charge is 0.408 e. The number of fused-ring (bicyclic) bond motifs is 3. The zero-order valence-electron chi connectivity index (χ0n) is 19.7. The summed E-state index contributed by atoms with van der Waals surface area (Å²) in [4.78, 5) is 37.0. The summed E-state index contributed by atoms with van der Waals surface area (Å²) >= 11 is 0. The second kappa shape index (κ2) is 9.87. The normalized spacial score (nSPS) is 20.6. The first-order chi connectivity index (χ1) is 16.3. The Kier molecular flexibility index (Phi) is 6.91. The van der Waals surface area contributed by atoms with Crippen molar-refractivity contribution in [1.29, 1.82) is 0 Å². The fraction of sp³-hybridized carbons (Fsp3) is 0.444. The number of amides is 2. The summed E-state index contributed by atoms with van der Waals surface area (Å²) in [5.74, 6) is -1.72. The maximum atomic E-state index is 12.9. The van der Waals surface area contributed by atoms with E-state index in [0.717, 1.165) is 35.1 Å². The Morgan fingerprint density at radius 3 is 2.24 bits per heavy atom. The van der Waals surface area contributed by atoms with E-state index >= 15 is 0 Å². The lowest BCUT2D eigenvalue weighted by Gasteiger charge is -2.29. The number of aliphatic carboxylic acids is 1. The lowest BCUT2D eigenvalue weighted by molar-refractivity contribution is -0.143. The first-order valence-corrected chi connectivity index (χ1v) is 12.0. The largest absolute Gasteiger partial charge is 0.481 e. The van der Waals surface area contributed by atoms with Gasteiger partial charge in [-0.15, -0.1) is 0 Å². The highest BCUT2D eigenvalue weighted by atomic mass is 16.5. The van der Waals surface area contributed by atoms with Crippen molar-refractivity contribution in [1.82, 2.24) is 10.6 Å². The van der Waals surface area contributed by atoms with Crippen molar-refractivity contribution in [2.75, 3.05) is 13.2 Å². The molecule has 2 amide bonds. The van der Waals surface area contributed by atoms with Crippen LogP contribution in [-0.4, -0.2) is 41.8 Å². The molecule has 1 fully saturated rings. The van der Waals surface area contributed by atoms with Gasteiger partial charge in [-0.25, -0.2) is 4.79 Å². The van der Waals surface area contributed by atoms with Crippen LogP contribution in [-0.2, 0) is 14.3 Å². The van der Waals surface area contributed by atoms with E-state index in [2.05, 4.69) is 34.9 Å². The van der Waals surface area contributed by atoms with Crippen LogP contribution in [0.1, 0.15) is 56.6 Å².